The van der Waals surface area contributed by atoms with Crippen molar-refractivity contribution in [3.8, 4) is 0 Å². The Kier molecular flexibility index (Phi) is 5.39. The molecule has 1 aromatic heterocycles. The second-order valence-corrected chi connectivity index (χ2v) is 5.17. The molecule has 0 saturated carbocycles. The van der Waals surface area contributed by atoms with Crippen molar-refractivity contribution in [3.63, 3.8) is 0 Å². The van der Waals surface area contributed by atoms with Gasteiger partial charge in [-0.2, -0.15) is 0 Å². The number of nitrogen functional groups attached to an aromatic ring is 1. The largest absolute Gasteiger partial charge is 0.356 e. The van der Waals surface area contributed by atoms with Crippen molar-refractivity contribution in [2.75, 3.05) is 23.4 Å². The Hall–Kier alpha value is -1.36. The molecule has 0 aromatic carbocycles. The number of anilines is 2. The summed E-state index contributed by atoms with van der Waals surface area (Å²) in [6.07, 6.45) is 10.2. The Balaban J connectivity index is 2.25. The second-order valence-electron chi connectivity index (χ2n) is 5.17. The van der Waals surface area contributed by atoms with Gasteiger partial charge >= 0.3 is 0 Å². The molecule has 1 aliphatic heterocycles. The van der Waals surface area contributed by atoms with Crippen molar-refractivity contribution >= 4 is 11.6 Å². The van der Waals surface area contributed by atoms with Crippen molar-refractivity contribution in [2.45, 2.75) is 51.9 Å². The Morgan fingerprint density at radius 1 is 1.16 bits per heavy atom. The van der Waals surface area contributed by atoms with E-state index in [1.807, 2.05) is 0 Å². The van der Waals surface area contributed by atoms with E-state index in [1.54, 1.807) is 6.33 Å². The first kappa shape index (κ1) is 14.1. The number of nitrogens with zero attached hydrogens (tertiary/aromatic N) is 3. The maximum atomic E-state index is 5.58. The van der Waals surface area contributed by atoms with Gasteiger partial charge < -0.3 is 10.3 Å². The van der Waals surface area contributed by atoms with Gasteiger partial charge in [0.15, 0.2) is 0 Å². The van der Waals surface area contributed by atoms with E-state index in [-0.39, 0.29) is 0 Å². The maximum absolute atomic E-state index is 5.58. The molecule has 1 fully saturated rings. The summed E-state index contributed by atoms with van der Waals surface area (Å²) in [5.41, 5.74) is 3.87. The summed E-state index contributed by atoms with van der Waals surface area (Å²) in [4.78, 5) is 11.2. The highest BCUT2D eigenvalue weighted by atomic mass is 15.3. The van der Waals surface area contributed by atoms with Gasteiger partial charge in [-0.25, -0.2) is 15.8 Å². The lowest BCUT2D eigenvalue weighted by atomic mass is 10.1. The summed E-state index contributed by atoms with van der Waals surface area (Å²) in [7, 11) is 0. The lowest BCUT2D eigenvalue weighted by molar-refractivity contribution is 0.552. The van der Waals surface area contributed by atoms with E-state index in [0.29, 0.717) is 0 Å². The van der Waals surface area contributed by atoms with Gasteiger partial charge in [0, 0.05) is 18.7 Å². The summed E-state index contributed by atoms with van der Waals surface area (Å²) < 4.78 is 0. The van der Waals surface area contributed by atoms with Crippen molar-refractivity contribution in [1.29, 1.82) is 0 Å². The number of hydrazine groups is 1. The molecule has 0 atom stereocenters. The molecule has 1 saturated heterocycles. The summed E-state index contributed by atoms with van der Waals surface area (Å²) in [5, 5.41) is 0. The molecule has 1 aliphatic rings. The minimum Gasteiger partial charge on any atom is -0.356 e. The first-order valence-electron chi connectivity index (χ1n) is 7.42. The molecule has 0 radical (unpaired) electrons. The fourth-order valence-electron chi connectivity index (χ4n) is 2.74. The van der Waals surface area contributed by atoms with Crippen LogP contribution in [0.4, 0.5) is 11.6 Å². The number of hydrogen-bond acceptors (Lipinski definition) is 5. The number of nitrogens with two attached hydrogens (primary N) is 1. The monoisotopic (exact) mass is 263 g/mol. The number of nitrogens with one attached hydrogen (secondary N) is 1. The molecule has 2 rings (SSSR count). The van der Waals surface area contributed by atoms with E-state index in [4.69, 9.17) is 5.84 Å². The molecule has 0 amide bonds. The van der Waals surface area contributed by atoms with Crippen LogP contribution in [0.15, 0.2) is 6.33 Å². The van der Waals surface area contributed by atoms with E-state index in [1.165, 1.54) is 32.1 Å². The second kappa shape index (κ2) is 7.28. The molecular weight excluding hydrogens is 238 g/mol. The van der Waals surface area contributed by atoms with Crippen molar-refractivity contribution < 1.29 is 0 Å². The standard InChI is InChI=1S/C14H25N5/c1-2-8-12-13(18-15)16-11-17-14(12)19-9-6-4-3-5-7-10-19/h11H,2-10,15H2,1H3,(H,16,17,18). The van der Waals surface area contributed by atoms with Gasteiger partial charge in [-0.3, -0.25) is 0 Å². The average molecular weight is 263 g/mol. The van der Waals surface area contributed by atoms with Crippen LogP contribution in [0, 0.1) is 0 Å². The van der Waals surface area contributed by atoms with Gasteiger partial charge in [0.2, 0.25) is 0 Å². The SMILES string of the molecule is CCCc1c(NN)ncnc1N1CCCCCCC1. The highest BCUT2D eigenvalue weighted by molar-refractivity contribution is 5.58. The molecule has 2 heterocycles. The van der Waals surface area contributed by atoms with E-state index in [2.05, 4.69) is 27.2 Å². The molecule has 5 heteroatoms. The molecule has 19 heavy (non-hydrogen) atoms. The van der Waals surface area contributed by atoms with Crippen LogP contribution in [0.3, 0.4) is 0 Å². The maximum Gasteiger partial charge on any atom is 0.148 e. The minimum absolute atomic E-state index is 0.772. The van der Waals surface area contributed by atoms with Crippen LogP contribution in [-0.2, 0) is 6.42 Å². The average Bonchev–Trinajstić information content (AvgIpc) is 2.39. The van der Waals surface area contributed by atoms with Crippen LogP contribution in [-0.4, -0.2) is 23.1 Å². The van der Waals surface area contributed by atoms with E-state index in [9.17, 15) is 0 Å². The van der Waals surface area contributed by atoms with Crippen molar-refractivity contribution in [2.24, 2.45) is 5.84 Å². The Bertz CT molecular complexity index is 385. The highest BCUT2D eigenvalue weighted by Gasteiger charge is 2.17. The number of aromatic nitrogens is 2. The van der Waals surface area contributed by atoms with Gasteiger partial charge in [0.05, 0.1) is 0 Å². The lowest BCUT2D eigenvalue weighted by Crippen LogP contribution is -2.29. The Labute approximate surface area is 115 Å². The molecule has 0 unspecified atom stereocenters. The summed E-state index contributed by atoms with van der Waals surface area (Å²) in [5.74, 6) is 7.42. The molecule has 0 bridgehead atoms. The van der Waals surface area contributed by atoms with Crippen LogP contribution in [0.25, 0.3) is 0 Å². The normalized spacial score (nSPS) is 16.8. The zero-order valence-corrected chi connectivity index (χ0v) is 11.9. The van der Waals surface area contributed by atoms with Gasteiger partial charge in [-0.05, 0) is 19.3 Å². The minimum atomic E-state index is 0.772. The van der Waals surface area contributed by atoms with Crippen LogP contribution in [0.5, 0.6) is 0 Å². The first-order valence-corrected chi connectivity index (χ1v) is 7.42. The third-order valence-electron chi connectivity index (χ3n) is 3.71. The Morgan fingerprint density at radius 3 is 2.47 bits per heavy atom. The summed E-state index contributed by atoms with van der Waals surface area (Å²) in [6.45, 7) is 4.36. The predicted octanol–water partition coefficient (Wildman–Crippen LogP) is 2.49. The Morgan fingerprint density at radius 2 is 1.84 bits per heavy atom. The zero-order chi connectivity index (χ0) is 13.5. The predicted molar refractivity (Wildman–Crippen MR) is 79.1 cm³/mol. The van der Waals surface area contributed by atoms with Crippen LogP contribution < -0.4 is 16.2 Å². The quantitative estimate of drug-likeness (QED) is 0.645. The fourth-order valence-corrected chi connectivity index (χ4v) is 2.74. The first-order chi connectivity index (χ1) is 9.36. The molecule has 5 nitrogen and oxygen atoms in total. The highest BCUT2D eigenvalue weighted by Crippen LogP contribution is 2.26. The van der Waals surface area contributed by atoms with E-state index < -0.39 is 0 Å². The van der Waals surface area contributed by atoms with Crippen LogP contribution in [0.1, 0.15) is 51.0 Å². The van der Waals surface area contributed by atoms with Crippen molar-refractivity contribution in [3.05, 3.63) is 11.9 Å². The third-order valence-corrected chi connectivity index (χ3v) is 3.71. The molecular formula is C14H25N5. The summed E-state index contributed by atoms with van der Waals surface area (Å²) in [6, 6.07) is 0. The van der Waals surface area contributed by atoms with Gasteiger partial charge in [-0.15, -0.1) is 0 Å². The van der Waals surface area contributed by atoms with Gasteiger partial charge in [0.1, 0.15) is 18.0 Å². The van der Waals surface area contributed by atoms with E-state index >= 15 is 0 Å². The van der Waals surface area contributed by atoms with Crippen LogP contribution >= 0.6 is 0 Å². The lowest BCUT2D eigenvalue weighted by Gasteiger charge is -2.28. The van der Waals surface area contributed by atoms with Gasteiger partial charge in [-0.1, -0.05) is 32.6 Å². The number of rotatable bonds is 4. The zero-order valence-electron chi connectivity index (χ0n) is 11.9. The topological polar surface area (TPSA) is 67.1 Å². The third kappa shape index (κ3) is 3.56. The smallest absolute Gasteiger partial charge is 0.148 e. The molecule has 0 spiro atoms. The van der Waals surface area contributed by atoms with E-state index in [0.717, 1.165) is 43.1 Å². The molecule has 0 aliphatic carbocycles. The van der Waals surface area contributed by atoms with Crippen LogP contribution in [0.2, 0.25) is 0 Å². The van der Waals surface area contributed by atoms with Crippen molar-refractivity contribution in [1.82, 2.24) is 9.97 Å². The molecule has 3 N–H and O–H groups in total. The summed E-state index contributed by atoms with van der Waals surface area (Å²) >= 11 is 0. The fraction of sp³-hybridized carbons (Fsp3) is 0.714. The van der Waals surface area contributed by atoms with Gasteiger partial charge in [0.25, 0.3) is 0 Å². The molecule has 1 aromatic rings. The number of hydrogen-bond donors (Lipinski definition) is 2. The molecule has 106 valence electrons.